The number of hydrogen-bond donors (Lipinski definition) is 2. The second-order valence-corrected chi connectivity index (χ2v) is 5.30. The van der Waals surface area contributed by atoms with Crippen LogP contribution in [-0.4, -0.2) is 43.9 Å². The van der Waals surface area contributed by atoms with E-state index in [0.717, 1.165) is 12.1 Å². The maximum absolute atomic E-state index is 13.4. The van der Waals surface area contributed by atoms with Crippen molar-refractivity contribution in [2.75, 3.05) is 19.8 Å². The normalized spacial score (nSPS) is 21.9. The summed E-state index contributed by atoms with van der Waals surface area (Å²) >= 11 is 0. The van der Waals surface area contributed by atoms with Crippen LogP contribution >= 0.6 is 12.4 Å². The van der Waals surface area contributed by atoms with Crippen LogP contribution in [0.1, 0.15) is 13.8 Å². The van der Waals surface area contributed by atoms with E-state index in [0.29, 0.717) is 13.2 Å². The minimum absolute atomic E-state index is 0. The molecule has 1 aliphatic heterocycles. The summed E-state index contributed by atoms with van der Waals surface area (Å²) in [5.74, 6) is -1.67. The average molecular weight is 351 g/mol. The van der Waals surface area contributed by atoms with Gasteiger partial charge in [-0.2, -0.15) is 0 Å². The van der Waals surface area contributed by atoms with Gasteiger partial charge in [0.25, 0.3) is 0 Å². The van der Waals surface area contributed by atoms with Crippen LogP contribution in [0.5, 0.6) is 5.75 Å². The van der Waals surface area contributed by atoms with Crippen LogP contribution in [-0.2, 0) is 9.53 Å². The first-order chi connectivity index (χ1) is 10.5. The van der Waals surface area contributed by atoms with Crippen LogP contribution in [0.25, 0.3) is 0 Å². The molecule has 3 atom stereocenters. The van der Waals surface area contributed by atoms with Crippen molar-refractivity contribution in [2.24, 2.45) is 0 Å². The summed E-state index contributed by atoms with van der Waals surface area (Å²) in [4.78, 5) is 12.1. The maximum Gasteiger partial charge on any atom is 0.240 e. The molecule has 23 heavy (non-hydrogen) atoms. The molecule has 2 rings (SSSR count). The lowest BCUT2D eigenvalue weighted by Crippen LogP contribution is -2.57. The zero-order valence-electron chi connectivity index (χ0n) is 13.0. The number of morpholine rings is 1. The van der Waals surface area contributed by atoms with Crippen molar-refractivity contribution < 1.29 is 23.0 Å². The number of rotatable bonds is 5. The molecule has 5 nitrogen and oxygen atoms in total. The lowest BCUT2D eigenvalue weighted by molar-refractivity contribution is -0.129. The van der Waals surface area contributed by atoms with Gasteiger partial charge in [0.15, 0.2) is 11.6 Å². The van der Waals surface area contributed by atoms with Gasteiger partial charge in [0, 0.05) is 12.6 Å². The van der Waals surface area contributed by atoms with E-state index in [1.165, 1.54) is 6.07 Å². The molecule has 1 unspecified atom stereocenters. The van der Waals surface area contributed by atoms with Gasteiger partial charge in [-0.3, -0.25) is 4.79 Å². The molecular formula is C15H21ClF2N2O3. The number of amides is 1. The molecule has 1 amide bonds. The third kappa shape index (κ3) is 5.60. The number of ether oxygens (including phenoxy) is 2. The monoisotopic (exact) mass is 350 g/mol. The zero-order valence-corrected chi connectivity index (χ0v) is 13.8. The Hall–Kier alpha value is -1.44. The van der Waals surface area contributed by atoms with E-state index in [2.05, 4.69) is 10.6 Å². The molecule has 0 saturated carbocycles. The quantitative estimate of drug-likeness (QED) is 0.847. The number of carbonyl (C=O) groups is 1. The molecule has 1 heterocycles. The average Bonchev–Trinajstić information content (AvgIpc) is 2.46. The van der Waals surface area contributed by atoms with E-state index in [-0.39, 0.29) is 42.8 Å². The number of hydrogen-bond acceptors (Lipinski definition) is 4. The predicted molar refractivity (Wildman–Crippen MR) is 83.9 cm³/mol. The van der Waals surface area contributed by atoms with Gasteiger partial charge in [-0.05, 0) is 26.0 Å². The lowest BCUT2D eigenvalue weighted by atomic mass is 10.1. The van der Waals surface area contributed by atoms with Crippen molar-refractivity contribution in [1.82, 2.24) is 10.6 Å². The summed E-state index contributed by atoms with van der Waals surface area (Å²) in [6.07, 6.45) is -0.212. The Bertz CT molecular complexity index is 533. The van der Waals surface area contributed by atoms with Gasteiger partial charge in [-0.15, -0.1) is 12.4 Å². The van der Waals surface area contributed by atoms with Crippen molar-refractivity contribution in [2.45, 2.75) is 32.0 Å². The molecule has 1 aliphatic rings. The second kappa shape index (κ2) is 9.00. The standard InChI is InChI=1S/C15H20F2N2O3.ClH/c1-9(8-22-13-4-3-11(16)7-12(13)17)19-15(20)14-10(2)21-6-5-18-14;/h3-4,7,9-10,14,18H,5-6,8H2,1-2H3,(H,19,20);1H/t9?,10-,14+;/m1./s1. The first-order valence-corrected chi connectivity index (χ1v) is 7.20. The summed E-state index contributed by atoms with van der Waals surface area (Å²) in [6.45, 7) is 4.84. The number of carbonyl (C=O) groups excluding carboxylic acids is 1. The van der Waals surface area contributed by atoms with Crippen LogP contribution in [0.4, 0.5) is 8.78 Å². The minimum atomic E-state index is -0.769. The molecule has 0 bridgehead atoms. The van der Waals surface area contributed by atoms with Crippen LogP contribution in [0.2, 0.25) is 0 Å². The fourth-order valence-electron chi connectivity index (χ4n) is 2.21. The fourth-order valence-corrected chi connectivity index (χ4v) is 2.21. The highest BCUT2D eigenvalue weighted by Gasteiger charge is 2.28. The molecular weight excluding hydrogens is 330 g/mol. The second-order valence-electron chi connectivity index (χ2n) is 5.30. The van der Waals surface area contributed by atoms with Crippen LogP contribution in [0.3, 0.4) is 0 Å². The maximum atomic E-state index is 13.4. The molecule has 0 aromatic heterocycles. The van der Waals surface area contributed by atoms with Crippen LogP contribution in [0, 0.1) is 11.6 Å². The van der Waals surface area contributed by atoms with Gasteiger partial charge in [-0.1, -0.05) is 0 Å². The Morgan fingerprint density at radius 2 is 2.26 bits per heavy atom. The Labute approximate surface area is 140 Å². The highest BCUT2D eigenvalue weighted by molar-refractivity contribution is 5.85. The van der Waals surface area contributed by atoms with E-state index >= 15 is 0 Å². The fraction of sp³-hybridized carbons (Fsp3) is 0.533. The van der Waals surface area contributed by atoms with E-state index in [4.69, 9.17) is 9.47 Å². The third-order valence-electron chi connectivity index (χ3n) is 3.37. The van der Waals surface area contributed by atoms with Crippen molar-refractivity contribution in [1.29, 1.82) is 0 Å². The Kier molecular flexibility index (Phi) is 7.67. The largest absolute Gasteiger partial charge is 0.488 e. The predicted octanol–water partition coefficient (Wildman–Crippen LogP) is 1.65. The highest BCUT2D eigenvalue weighted by Crippen LogP contribution is 2.17. The summed E-state index contributed by atoms with van der Waals surface area (Å²) in [5.41, 5.74) is 0. The van der Waals surface area contributed by atoms with E-state index in [1.807, 2.05) is 6.92 Å². The number of nitrogens with one attached hydrogen (secondary N) is 2. The van der Waals surface area contributed by atoms with E-state index in [1.54, 1.807) is 6.92 Å². The molecule has 0 spiro atoms. The Morgan fingerprint density at radius 1 is 1.52 bits per heavy atom. The molecule has 0 aliphatic carbocycles. The third-order valence-corrected chi connectivity index (χ3v) is 3.37. The van der Waals surface area contributed by atoms with Gasteiger partial charge >= 0.3 is 0 Å². The lowest BCUT2D eigenvalue weighted by Gasteiger charge is -2.30. The summed E-state index contributed by atoms with van der Waals surface area (Å²) in [6, 6.07) is 2.35. The first-order valence-electron chi connectivity index (χ1n) is 7.20. The van der Waals surface area contributed by atoms with Crippen molar-refractivity contribution >= 4 is 18.3 Å². The molecule has 1 aromatic carbocycles. The Morgan fingerprint density at radius 3 is 2.91 bits per heavy atom. The molecule has 1 fully saturated rings. The van der Waals surface area contributed by atoms with Gasteiger partial charge in [0.2, 0.25) is 5.91 Å². The summed E-state index contributed by atoms with van der Waals surface area (Å²) < 4.78 is 36.9. The van der Waals surface area contributed by atoms with E-state index in [9.17, 15) is 13.6 Å². The first kappa shape index (κ1) is 19.6. The van der Waals surface area contributed by atoms with Crippen molar-refractivity contribution in [3.63, 3.8) is 0 Å². The zero-order chi connectivity index (χ0) is 16.1. The smallest absolute Gasteiger partial charge is 0.240 e. The number of halogens is 3. The van der Waals surface area contributed by atoms with Crippen LogP contribution < -0.4 is 15.4 Å². The highest BCUT2D eigenvalue weighted by atomic mass is 35.5. The molecule has 1 aromatic rings. The SMILES string of the molecule is CC(COc1ccc(F)cc1F)NC(=O)[C@H]1NCCO[C@@H]1C.Cl. The molecule has 130 valence electrons. The van der Waals surface area contributed by atoms with Gasteiger partial charge in [0.05, 0.1) is 18.8 Å². The molecule has 2 N–H and O–H groups in total. The minimum Gasteiger partial charge on any atom is -0.488 e. The number of benzene rings is 1. The van der Waals surface area contributed by atoms with E-state index < -0.39 is 17.7 Å². The Balaban J connectivity index is 0.00000264. The summed E-state index contributed by atoms with van der Waals surface area (Å²) in [5, 5.41) is 5.86. The van der Waals surface area contributed by atoms with Gasteiger partial charge in [-0.25, -0.2) is 8.78 Å². The van der Waals surface area contributed by atoms with Crippen LogP contribution in [0.15, 0.2) is 18.2 Å². The topological polar surface area (TPSA) is 59.6 Å². The van der Waals surface area contributed by atoms with Crippen molar-refractivity contribution in [3.8, 4) is 5.75 Å². The molecule has 0 radical (unpaired) electrons. The van der Waals surface area contributed by atoms with Gasteiger partial charge in [0.1, 0.15) is 18.5 Å². The molecule has 1 saturated heterocycles. The molecule has 8 heteroatoms. The van der Waals surface area contributed by atoms with Gasteiger partial charge < -0.3 is 20.1 Å². The summed E-state index contributed by atoms with van der Waals surface area (Å²) in [7, 11) is 0. The van der Waals surface area contributed by atoms with Crippen molar-refractivity contribution in [3.05, 3.63) is 29.8 Å².